The SMILES string of the molecule is COc1ccc(NC(=S)Nc2c(C)nn(Cc3ccc(Br)cc3)c2C)cc1. The van der Waals surface area contributed by atoms with Crippen molar-refractivity contribution in [3.05, 3.63) is 70.0 Å². The average Bonchev–Trinajstić information content (AvgIpc) is 2.91. The summed E-state index contributed by atoms with van der Waals surface area (Å²) in [5.74, 6) is 0.806. The second-order valence-electron chi connectivity index (χ2n) is 6.14. The molecule has 0 saturated heterocycles. The summed E-state index contributed by atoms with van der Waals surface area (Å²) < 4.78 is 8.22. The fourth-order valence-corrected chi connectivity index (χ4v) is 3.23. The van der Waals surface area contributed by atoms with Crippen LogP contribution in [0.15, 0.2) is 53.0 Å². The molecule has 0 amide bonds. The zero-order chi connectivity index (χ0) is 19.4. The number of nitrogens with one attached hydrogen (secondary N) is 2. The summed E-state index contributed by atoms with van der Waals surface area (Å²) in [6.45, 7) is 4.72. The van der Waals surface area contributed by atoms with Gasteiger partial charge in [0.15, 0.2) is 5.11 Å². The molecule has 2 N–H and O–H groups in total. The van der Waals surface area contributed by atoms with E-state index in [2.05, 4.69) is 43.8 Å². The summed E-state index contributed by atoms with van der Waals surface area (Å²) in [4.78, 5) is 0. The molecule has 2 aromatic carbocycles. The summed E-state index contributed by atoms with van der Waals surface area (Å²) in [6.07, 6.45) is 0. The van der Waals surface area contributed by atoms with E-state index < -0.39 is 0 Å². The Hall–Kier alpha value is -2.38. The number of nitrogens with zero attached hydrogens (tertiary/aromatic N) is 2. The lowest BCUT2D eigenvalue weighted by atomic mass is 10.2. The minimum absolute atomic E-state index is 0.523. The molecule has 27 heavy (non-hydrogen) atoms. The molecule has 0 bridgehead atoms. The Morgan fingerprint density at radius 3 is 2.37 bits per heavy atom. The molecule has 140 valence electrons. The molecule has 0 aliphatic carbocycles. The van der Waals surface area contributed by atoms with Gasteiger partial charge in [-0.2, -0.15) is 5.10 Å². The molecule has 0 spiro atoms. The van der Waals surface area contributed by atoms with Gasteiger partial charge in [0.25, 0.3) is 0 Å². The number of rotatable bonds is 5. The summed E-state index contributed by atoms with van der Waals surface area (Å²) in [7, 11) is 1.64. The van der Waals surface area contributed by atoms with Crippen LogP contribution in [0, 0.1) is 13.8 Å². The molecule has 0 aliphatic rings. The maximum absolute atomic E-state index is 5.46. The first kappa shape index (κ1) is 19.4. The van der Waals surface area contributed by atoms with E-state index in [4.69, 9.17) is 17.0 Å². The number of thiocarbonyl (C=S) groups is 1. The molecule has 1 heterocycles. The van der Waals surface area contributed by atoms with E-state index in [0.29, 0.717) is 11.7 Å². The van der Waals surface area contributed by atoms with E-state index in [1.165, 1.54) is 5.56 Å². The first-order valence-corrected chi connectivity index (χ1v) is 9.67. The molecule has 1 aromatic heterocycles. The number of halogens is 1. The van der Waals surface area contributed by atoms with E-state index in [0.717, 1.165) is 33.0 Å². The van der Waals surface area contributed by atoms with Gasteiger partial charge in [0.05, 0.1) is 30.7 Å². The molecule has 3 rings (SSSR count). The van der Waals surface area contributed by atoms with E-state index in [-0.39, 0.29) is 0 Å². The van der Waals surface area contributed by atoms with Crippen molar-refractivity contribution in [2.24, 2.45) is 0 Å². The van der Waals surface area contributed by atoms with Crippen LogP contribution in [-0.2, 0) is 6.54 Å². The quantitative estimate of drug-likeness (QED) is 0.534. The van der Waals surface area contributed by atoms with Crippen molar-refractivity contribution in [2.45, 2.75) is 20.4 Å². The normalized spacial score (nSPS) is 10.5. The summed E-state index contributed by atoms with van der Waals surface area (Å²) in [5.41, 5.74) is 4.95. The summed E-state index contributed by atoms with van der Waals surface area (Å²) in [5, 5.41) is 11.6. The van der Waals surface area contributed by atoms with Crippen molar-refractivity contribution < 1.29 is 4.74 Å². The van der Waals surface area contributed by atoms with Crippen LogP contribution in [0.5, 0.6) is 5.75 Å². The van der Waals surface area contributed by atoms with Gasteiger partial charge in [0, 0.05) is 10.2 Å². The Morgan fingerprint density at radius 2 is 1.74 bits per heavy atom. The van der Waals surface area contributed by atoms with Crippen molar-refractivity contribution in [3.63, 3.8) is 0 Å². The largest absolute Gasteiger partial charge is 0.497 e. The minimum atomic E-state index is 0.523. The number of ether oxygens (including phenoxy) is 1. The van der Waals surface area contributed by atoms with Crippen molar-refractivity contribution in [2.75, 3.05) is 17.7 Å². The Labute approximate surface area is 172 Å². The lowest BCUT2D eigenvalue weighted by Crippen LogP contribution is -2.20. The van der Waals surface area contributed by atoms with E-state index in [9.17, 15) is 0 Å². The smallest absolute Gasteiger partial charge is 0.175 e. The molecule has 3 aromatic rings. The second kappa shape index (κ2) is 8.54. The molecule has 0 saturated carbocycles. The van der Waals surface area contributed by atoms with Gasteiger partial charge in [-0.3, -0.25) is 4.68 Å². The molecule has 0 radical (unpaired) electrons. The van der Waals surface area contributed by atoms with Gasteiger partial charge in [0.2, 0.25) is 0 Å². The monoisotopic (exact) mass is 444 g/mol. The number of anilines is 2. The second-order valence-corrected chi connectivity index (χ2v) is 7.46. The third-order valence-corrected chi connectivity index (χ3v) is 4.95. The topological polar surface area (TPSA) is 51.1 Å². The van der Waals surface area contributed by atoms with Gasteiger partial charge in [-0.15, -0.1) is 0 Å². The van der Waals surface area contributed by atoms with E-state index in [1.54, 1.807) is 7.11 Å². The number of hydrogen-bond acceptors (Lipinski definition) is 3. The molecule has 0 unspecified atom stereocenters. The highest BCUT2D eigenvalue weighted by Crippen LogP contribution is 2.22. The number of aromatic nitrogens is 2. The lowest BCUT2D eigenvalue weighted by Gasteiger charge is -2.12. The summed E-state index contributed by atoms with van der Waals surface area (Å²) >= 11 is 8.92. The van der Waals surface area contributed by atoms with Crippen molar-refractivity contribution in [1.82, 2.24) is 9.78 Å². The van der Waals surface area contributed by atoms with Gasteiger partial charge < -0.3 is 15.4 Å². The molecule has 0 fully saturated rings. The molecule has 7 heteroatoms. The van der Waals surface area contributed by atoms with Crippen LogP contribution in [0.25, 0.3) is 0 Å². The highest BCUT2D eigenvalue weighted by molar-refractivity contribution is 9.10. The van der Waals surface area contributed by atoms with Gasteiger partial charge in [-0.25, -0.2) is 0 Å². The Morgan fingerprint density at radius 1 is 1.07 bits per heavy atom. The van der Waals surface area contributed by atoms with Crippen molar-refractivity contribution >= 4 is 44.6 Å². The minimum Gasteiger partial charge on any atom is -0.497 e. The highest BCUT2D eigenvalue weighted by Gasteiger charge is 2.13. The van der Waals surface area contributed by atoms with E-state index in [1.807, 2.05) is 54.9 Å². The third kappa shape index (κ3) is 4.87. The lowest BCUT2D eigenvalue weighted by molar-refractivity contribution is 0.415. The van der Waals surface area contributed by atoms with Crippen LogP contribution in [0.4, 0.5) is 11.4 Å². The number of aryl methyl sites for hydroxylation is 1. The van der Waals surface area contributed by atoms with Crippen LogP contribution in [0.1, 0.15) is 17.0 Å². The average molecular weight is 445 g/mol. The molecular weight excluding hydrogens is 424 g/mol. The van der Waals surface area contributed by atoms with Gasteiger partial charge in [-0.05, 0) is 68.0 Å². The third-order valence-electron chi connectivity index (χ3n) is 4.21. The molecule has 5 nitrogen and oxygen atoms in total. The first-order chi connectivity index (χ1) is 13.0. The number of benzene rings is 2. The number of hydrogen-bond donors (Lipinski definition) is 2. The van der Waals surface area contributed by atoms with Gasteiger partial charge in [0.1, 0.15) is 5.75 Å². The Balaban J connectivity index is 1.69. The number of methoxy groups -OCH3 is 1. The van der Waals surface area contributed by atoms with Gasteiger partial charge in [-0.1, -0.05) is 28.1 Å². The fourth-order valence-electron chi connectivity index (χ4n) is 2.74. The zero-order valence-electron chi connectivity index (χ0n) is 15.4. The van der Waals surface area contributed by atoms with Crippen LogP contribution in [0.2, 0.25) is 0 Å². The Kier molecular flexibility index (Phi) is 6.13. The maximum Gasteiger partial charge on any atom is 0.175 e. The van der Waals surface area contributed by atoms with Crippen LogP contribution in [-0.4, -0.2) is 22.0 Å². The molecule has 0 aliphatic heterocycles. The standard InChI is InChI=1S/C20H21BrN4OS/c1-13-19(23-20(27)22-17-8-10-18(26-3)11-9-17)14(2)25(24-13)12-15-4-6-16(21)7-5-15/h4-11H,12H2,1-3H3,(H2,22,23,27). The zero-order valence-corrected chi connectivity index (χ0v) is 17.8. The van der Waals surface area contributed by atoms with Crippen molar-refractivity contribution in [3.8, 4) is 5.75 Å². The van der Waals surface area contributed by atoms with Gasteiger partial charge >= 0.3 is 0 Å². The van der Waals surface area contributed by atoms with Crippen LogP contribution in [0.3, 0.4) is 0 Å². The highest BCUT2D eigenvalue weighted by atomic mass is 79.9. The fraction of sp³-hybridized carbons (Fsp3) is 0.200. The summed E-state index contributed by atoms with van der Waals surface area (Å²) in [6, 6.07) is 15.9. The van der Waals surface area contributed by atoms with Crippen LogP contribution < -0.4 is 15.4 Å². The van der Waals surface area contributed by atoms with Crippen LogP contribution >= 0.6 is 28.1 Å². The van der Waals surface area contributed by atoms with Crippen molar-refractivity contribution in [1.29, 1.82) is 0 Å². The molecule has 0 atom stereocenters. The maximum atomic E-state index is 5.46. The predicted molar refractivity (Wildman–Crippen MR) is 118 cm³/mol. The predicted octanol–water partition coefficient (Wildman–Crippen LogP) is 5.13. The van der Waals surface area contributed by atoms with E-state index >= 15 is 0 Å². The molecular formula is C20H21BrN4OS. The first-order valence-electron chi connectivity index (χ1n) is 8.47. The Bertz CT molecular complexity index is 936.